The van der Waals surface area contributed by atoms with Gasteiger partial charge in [0.1, 0.15) is 6.04 Å². The van der Waals surface area contributed by atoms with Gasteiger partial charge in [0.2, 0.25) is 11.8 Å². The Balaban J connectivity index is 2.11. The number of nitrogens with zero attached hydrogens (tertiary/aromatic N) is 1. The number of likely N-dealkylation sites (N-methyl/N-ethyl adjacent to an activating group) is 1. The lowest BCUT2D eigenvalue weighted by molar-refractivity contribution is -0.141. The summed E-state index contributed by atoms with van der Waals surface area (Å²) in [7, 11) is 1.34. The summed E-state index contributed by atoms with van der Waals surface area (Å²) in [6, 6.07) is 3.81. The monoisotopic (exact) mass is 358 g/mol. The Kier molecular flexibility index (Phi) is 5.72. The summed E-state index contributed by atoms with van der Waals surface area (Å²) in [5.41, 5.74) is -0.867. The van der Waals surface area contributed by atoms with Crippen LogP contribution in [0.4, 0.5) is 13.2 Å². The number of alkyl halides is 3. The topological polar surface area (TPSA) is 69.6 Å². The average Bonchev–Trinajstić information content (AvgIpc) is 3.35. The van der Waals surface area contributed by atoms with Gasteiger partial charge in [-0.15, -0.1) is 0 Å². The molecule has 1 aliphatic rings. The maximum atomic E-state index is 13.1. The molecule has 0 saturated heterocycles. The summed E-state index contributed by atoms with van der Waals surface area (Å²) in [4.78, 5) is 25.4. The molecule has 8 heteroatoms. The maximum absolute atomic E-state index is 13.1. The highest BCUT2D eigenvalue weighted by Gasteiger charge is 2.36. The number of carbonyl (C=O) groups is 2. The van der Waals surface area contributed by atoms with Crippen LogP contribution >= 0.6 is 0 Å². The van der Waals surface area contributed by atoms with Crippen LogP contribution in [0.15, 0.2) is 24.3 Å². The molecular weight excluding hydrogens is 337 g/mol. The largest absolute Gasteiger partial charge is 0.416 e. The van der Waals surface area contributed by atoms with Crippen LogP contribution in [0.1, 0.15) is 30.9 Å². The predicted octanol–water partition coefficient (Wildman–Crippen LogP) is 1.94. The van der Waals surface area contributed by atoms with E-state index >= 15 is 0 Å². The molecule has 0 radical (unpaired) electrons. The highest BCUT2D eigenvalue weighted by Crippen LogP contribution is 2.32. The number of hydrogen-bond donors (Lipinski definition) is 2. The summed E-state index contributed by atoms with van der Waals surface area (Å²) < 4.78 is 39.2. The fourth-order valence-electron chi connectivity index (χ4n) is 2.51. The van der Waals surface area contributed by atoms with Gasteiger partial charge in [0.15, 0.2) is 0 Å². The summed E-state index contributed by atoms with van der Waals surface area (Å²) in [6.45, 7) is 1.07. The van der Waals surface area contributed by atoms with Crippen molar-refractivity contribution in [2.45, 2.75) is 44.6 Å². The third-order valence-corrected chi connectivity index (χ3v) is 4.10. The number of aliphatic hydroxyl groups excluding tert-OH is 1. The van der Waals surface area contributed by atoms with Crippen molar-refractivity contribution in [3.05, 3.63) is 35.4 Å². The molecule has 138 valence electrons. The van der Waals surface area contributed by atoms with Gasteiger partial charge in [0.25, 0.3) is 0 Å². The molecule has 1 saturated carbocycles. The summed E-state index contributed by atoms with van der Waals surface area (Å²) >= 11 is 0. The van der Waals surface area contributed by atoms with Crippen molar-refractivity contribution >= 4 is 11.8 Å². The van der Waals surface area contributed by atoms with Crippen molar-refractivity contribution in [3.63, 3.8) is 0 Å². The van der Waals surface area contributed by atoms with Gasteiger partial charge in [-0.2, -0.15) is 13.2 Å². The smallest absolute Gasteiger partial charge is 0.391 e. The zero-order valence-corrected chi connectivity index (χ0v) is 14.0. The van der Waals surface area contributed by atoms with E-state index < -0.39 is 29.8 Å². The van der Waals surface area contributed by atoms with Gasteiger partial charge in [-0.1, -0.05) is 18.2 Å². The first-order valence-electron chi connectivity index (χ1n) is 7.99. The molecule has 0 aromatic heterocycles. The number of benzene rings is 1. The van der Waals surface area contributed by atoms with E-state index in [9.17, 15) is 27.9 Å². The Hall–Kier alpha value is -2.09. The highest BCUT2D eigenvalue weighted by atomic mass is 19.4. The van der Waals surface area contributed by atoms with Gasteiger partial charge in [-0.3, -0.25) is 9.59 Å². The second-order valence-corrected chi connectivity index (χ2v) is 6.35. The Morgan fingerprint density at radius 1 is 1.32 bits per heavy atom. The zero-order valence-electron chi connectivity index (χ0n) is 14.0. The molecule has 1 aromatic carbocycles. The minimum Gasteiger partial charge on any atom is -0.391 e. The second-order valence-electron chi connectivity index (χ2n) is 6.35. The Morgan fingerprint density at radius 3 is 2.44 bits per heavy atom. The van der Waals surface area contributed by atoms with E-state index in [4.69, 9.17) is 0 Å². The maximum Gasteiger partial charge on any atom is 0.416 e. The first-order chi connectivity index (χ1) is 11.6. The van der Waals surface area contributed by atoms with Crippen LogP contribution in [0.5, 0.6) is 0 Å². The predicted molar refractivity (Wildman–Crippen MR) is 84.3 cm³/mol. The van der Waals surface area contributed by atoms with Crippen LogP contribution in [0.25, 0.3) is 0 Å². The standard InChI is InChI=1S/C17H21F3N2O3/c1-10(23)14(21-15(24)11-7-8-11)16(25)22(2)9-12-5-3-4-6-13(12)17(18,19)20/h3-6,10-11,14,23H,7-9H2,1-2H3,(H,21,24)/t10-,14-/m1/s1. The fourth-order valence-corrected chi connectivity index (χ4v) is 2.51. The molecule has 2 rings (SSSR count). The molecule has 2 atom stereocenters. The van der Waals surface area contributed by atoms with E-state index in [1.54, 1.807) is 0 Å². The van der Waals surface area contributed by atoms with Crippen molar-refractivity contribution in [2.75, 3.05) is 7.05 Å². The second kappa shape index (κ2) is 7.43. The minimum atomic E-state index is -4.52. The molecule has 0 aliphatic heterocycles. The van der Waals surface area contributed by atoms with E-state index in [2.05, 4.69) is 5.32 Å². The molecule has 0 bridgehead atoms. The van der Waals surface area contributed by atoms with Crippen LogP contribution in [-0.4, -0.2) is 41.0 Å². The molecule has 1 aliphatic carbocycles. The molecule has 25 heavy (non-hydrogen) atoms. The Morgan fingerprint density at radius 2 is 1.92 bits per heavy atom. The van der Waals surface area contributed by atoms with E-state index in [0.717, 1.165) is 23.8 Å². The molecule has 0 heterocycles. The number of nitrogens with one attached hydrogen (secondary N) is 1. The summed E-state index contributed by atoms with van der Waals surface area (Å²) in [5, 5.41) is 12.3. The number of aliphatic hydroxyl groups is 1. The molecule has 1 fully saturated rings. The van der Waals surface area contributed by atoms with E-state index in [1.807, 2.05) is 0 Å². The first kappa shape index (κ1) is 19.2. The van der Waals surface area contributed by atoms with Gasteiger partial charge in [-0.05, 0) is 31.4 Å². The summed E-state index contributed by atoms with van der Waals surface area (Å²) in [6.07, 6.45) is -4.21. The van der Waals surface area contributed by atoms with Gasteiger partial charge in [0.05, 0.1) is 11.7 Å². The molecule has 5 nitrogen and oxygen atoms in total. The minimum absolute atomic E-state index is 0.0521. The van der Waals surface area contributed by atoms with Gasteiger partial charge >= 0.3 is 6.18 Å². The van der Waals surface area contributed by atoms with Crippen molar-refractivity contribution < 1.29 is 27.9 Å². The van der Waals surface area contributed by atoms with Crippen LogP contribution < -0.4 is 5.32 Å². The SMILES string of the molecule is C[C@@H](O)[C@@H](NC(=O)C1CC1)C(=O)N(C)Cc1ccccc1C(F)(F)F. The highest BCUT2D eigenvalue weighted by molar-refractivity contribution is 5.89. The summed E-state index contributed by atoms with van der Waals surface area (Å²) in [5.74, 6) is -1.10. The molecule has 2 N–H and O–H groups in total. The van der Waals surface area contributed by atoms with E-state index in [1.165, 1.54) is 32.2 Å². The lowest BCUT2D eigenvalue weighted by Gasteiger charge is -2.27. The van der Waals surface area contributed by atoms with Gasteiger partial charge in [-0.25, -0.2) is 0 Å². The molecule has 2 amide bonds. The number of rotatable bonds is 6. The number of halogens is 3. The van der Waals surface area contributed by atoms with Crippen molar-refractivity contribution in [1.29, 1.82) is 0 Å². The van der Waals surface area contributed by atoms with Crippen molar-refractivity contribution in [2.24, 2.45) is 5.92 Å². The number of amides is 2. The molecule has 1 aromatic rings. The van der Waals surface area contributed by atoms with Crippen LogP contribution in [0.2, 0.25) is 0 Å². The molecule has 0 spiro atoms. The average molecular weight is 358 g/mol. The quantitative estimate of drug-likeness (QED) is 0.817. The van der Waals surface area contributed by atoms with E-state index in [-0.39, 0.29) is 23.9 Å². The van der Waals surface area contributed by atoms with Crippen LogP contribution in [-0.2, 0) is 22.3 Å². The van der Waals surface area contributed by atoms with E-state index in [0.29, 0.717) is 0 Å². The van der Waals surface area contributed by atoms with Crippen LogP contribution in [0, 0.1) is 5.92 Å². The lowest BCUT2D eigenvalue weighted by atomic mass is 10.1. The third kappa shape index (κ3) is 4.94. The van der Waals surface area contributed by atoms with Gasteiger partial charge in [0, 0.05) is 19.5 Å². The normalized spacial score (nSPS) is 16.9. The van der Waals surface area contributed by atoms with Gasteiger partial charge < -0.3 is 15.3 Å². The lowest BCUT2D eigenvalue weighted by Crippen LogP contribution is -2.53. The zero-order chi connectivity index (χ0) is 18.8. The van der Waals surface area contributed by atoms with Crippen LogP contribution in [0.3, 0.4) is 0 Å². The van der Waals surface area contributed by atoms with Crippen molar-refractivity contribution in [1.82, 2.24) is 10.2 Å². The number of carbonyl (C=O) groups excluding carboxylic acids is 2. The van der Waals surface area contributed by atoms with Crippen molar-refractivity contribution in [3.8, 4) is 0 Å². The first-order valence-corrected chi connectivity index (χ1v) is 7.99. The Labute approximate surface area is 143 Å². The molecular formula is C17H21F3N2O3. The number of hydrogen-bond acceptors (Lipinski definition) is 3. The molecule has 0 unspecified atom stereocenters. The fraction of sp³-hybridized carbons (Fsp3) is 0.529. The Bertz CT molecular complexity index is 642. The third-order valence-electron chi connectivity index (χ3n) is 4.10.